The van der Waals surface area contributed by atoms with Crippen molar-refractivity contribution in [1.82, 2.24) is 0 Å². The van der Waals surface area contributed by atoms with E-state index in [-0.39, 0.29) is 0 Å². The predicted octanol–water partition coefficient (Wildman–Crippen LogP) is 2.31. The average Bonchev–Trinajstić information content (AvgIpc) is 2.12. The van der Waals surface area contributed by atoms with E-state index in [1.54, 1.807) is 24.3 Å². The van der Waals surface area contributed by atoms with Gasteiger partial charge in [0.05, 0.1) is 5.69 Å². The van der Waals surface area contributed by atoms with Crippen LogP contribution in [0.3, 0.4) is 0 Å². The summed E-state index contributed by atoms with van der Waals surface area (Å²) < 4.78 is 21.3. The summed E-state index contributed by atoms with van der Waals surface area (Å²) in [4.78, 5) is 0. The third-order valence-corrected chi connectivity index (χ3v) is 3.27. The lowest BCUT2D eigenvalue weighted by molar-refractivity contribution is 0.613. The minimum atomic E-state index is -3.46. The fourth-order valence-electron chi connectivity index (χ4n) is 0.749. The third-order valence-electron chi connectivity index (χ3n) is 1.40. The standard InChI is InChI=1S/C8H8Cl2N2O2S/c1-15(13,14)8(10)12-11-7-4-2-3-6(9)5-7/h2-5,11H,1H3. The number of anilines is 1. The quantitative estimate of drug-likeness (QED) is 0.508. The van der Waals surface area contributed by atoms with Gasteiger partial charge in [-0.2, -0.15) is 5.10 Å². The summed E-state index contributed by atoms with van der Waals surface area (Å²) in [5.74, 6) is 0. The molecule has 0 atom stereocenters. The molecule has 0 saturated heterocycles. The monoisotopic (exact) mass is 266 g/mol. The lowest BCUT2D eigenvalue weighted by Crippen LogP contribution is -2.07. The molecule has 0 spiro atoms. The van der Waals surface area contributed by atoms with Gasteiger partial charge in [0.15, 0.2) is 0 Å². The summed E-state index contributed by atoms with van der Waals surface area (Å²) >= 11 is 11.1. The molecule has 0 aliphatic carbocycles. The highest BCUT2D eigenvalue weighted by Gasteiger charge is 2.09. The summed E-state index contributed by atoms with van der Waals surface area (Å²) in [5.41, 5.74) is 3.04. The first-order valence-electron chi connectivity index (χ1n) is 3.84. The molecule has 82 valence electrons. The van der Waals surface area contributed by atoms with E-state index in [1.807, 2.05) is 0 Å². The van der Waals surface area contributed by atoms with Crippen molar-refractivity contribution in [3.05, 3.63) is 29.3 Å². The molecule has 1 aromatic rings. The highest BCUT2D eigenvalue weighted by Crippen LogP contribution is 2.15. The molecule has 15 heavy (non-hydrogen) atoms. The van der Waals surface area contributed by atoms with Gasteiger partial charge in [0.25, 0.3) is 0 Å². The molecule has 0 radical (unpaired) electrons. The molecule has 0 unspecified atom stereocenters. The Hall–Kier alpha value is -0.780. The molecule has 0 saturated carbocycles. The lowest BCUT2D eigenvalue weighted by Gasteiger charge is -2.00. The Morgan fingerprint density at radius 2 is 2.13 bits per heavy atom. The summed E-state index contributed by atoms with van der Waals surface area (Å²) in [5, 5.41) is 4.01. The topological polar surface area (TPSA) is 58.5 Å². The van der Waals surface area contributed by atoms with Gasteiger partial charge in [0.1, 0.15) is 0 Å². The van der Waals surface area contributed by atoms with Crippen LogP contribution < -0.4 is 5.43 Å². The van der Waals surface area contributed by atoms with Crippen molar-refractivity contribution in [2.75, 3.05) is 11.7 Å². The minimum Gasteiger partial charge on any atom is -0.276 e. The van der Waals surface area contributed by atoms with Gasteiger partial charge in [0.2, 0.25) is 14.3 Å². The second-order valence-corrected chi connectivity index (χ2v) is 5.71. The molecule has 0 amide bonds. The SMILES string of the molecule is CS(=O)(=O)C(Cl)=NNc1cccc(Cl)c1. The molecule has 1 rings (SSSR count). The molecule has 0 bridgehead atoms. The number of sulfone groups is 1. The summed E-state index contributed by atoms with van der Waals surface area (Å²) in [7, 11) is -3.46. The van der Waals surface area contributed by atoms with E-state index in [9.17, 15) is 8.42 Å². The largest absolute Gasteiger partial charge is 0.276 e. The van der Waals surface area contributed by atoms with Gasteiger partial charge in [-0.1, -0.05) is 17.7 Å². The molecule has 0 aliphatic heterocycles. The Bertz CT molecular complexity index is 485. The number of nitrogens with one attached hydrogen (secondary N) is 1. The number of hydrogen-bond acceptors (Lipinski definition) is 4. The van der Waals surface area contributed by atoms with E-state index >= 15 is 0 Å². The van der Waals surface area contributed by atoms with E-state index in [1.165, 1.54) is 0 Å². The first-order chi connectivity index (χ1) is 6.89. The maximum atomic E-state index is 10.9. The van der Waals surface area contributed by atoms with Crippen molar-refractivity contribution < 1.29 is 8.42 Å². The lowest BCUT2D eigenvalue weighted by atomic mass is 10.3. The van der Waals surface area contributed by atoms with Crippen molar-refractivity contribution in [2.45, 2.75) is 0 Å². The number of halogens is 2. The van der Waals surface area contributed by atoms with Crippen LogP contribution in [-0.2, 0) is 9.84 Å². The number of benzene rings is 1. The van der Waals surface area contributed by atoms with Crippen molar-refractivity contribution in [2.24, 2.45) is 5.10 Å². The summed E-state index contributed by atoms with van der Waals surface area (Å²) in [6.45, 7) is 0. The van der Waals surface area contributed by atoms with E-state index in [0.29, 0.717) is 10.7 Å². The second-order valence-electron chi connectivity index (χ2n) is 2.76. The Balaban J connectivity index is 2.81. The van der Waals surface area contributed by atoms with Crippen LogP contribution in [0.2, 0.25) is 5.02 Å². The van der Waals surface area contributed by atoms with Crippen LogP contribution in [0.4, 0.5) is 5.69 Å². The Morgan fingerprint density at radius 1 is 1.47 bits per heavy atom. The van der Waals surface area contributed by atoms with Gasteiger partial charge >= 0.3 is 0 Å². The van der Waals surface area contributed by atoms with Crippen molar-refractivity contribution in [1.29, 1.82) is 0 Å². The van der Waals surface area contributed by atoms with Gasteiger partial charge in [0, 0.05) is 11.3 Å². The van der Waals surface area contributed by atoms with Crippen molar-refractivity contribution in [3.63, 3.8) is 0 Å². The number of rotatable bonds is 2. The van der Waals surface area contributed by atoms with Crippen LogP contribution in [0.1, 0.15) is 0 Å². The predicted molar refractivity (Wildman–Crippen MR) is 63.2 cm³/mol. The zero-order valence-corrected chi connectivity index (χ0v) is 10.1. The molecular weight excluding hydrogens is 259 g/mol. The van der Waals surface area contributed by atoms with Crippen LogP contribution in [0.25, 0.3) is 0 Å². The fourth-order valence-corrected chi connectivity index (χ4v) is 1.19. The molecule has 0 aromatic heterocycles. The minimum absolute atomic E-state index is 0.498. The van der Waals surface area contributed by atoms with Crippen LogP contribution >= 0.6 is 23.2 Å². The Labute approximate surface area is 97.8 Å². The van der Waals surface area contributed by atoms with E-state index in [4.69, 9.17) is 23.2 Å². The van der Waals surface area contributed by atoms with Crippen LogP contribution in [0.5, 0.6) is 0 Å². The van der Waals surface area contributed by atoms with Crippen molar-refractivity contribution in [3.8, 4) is 0 Å². The van der Waals surface area contributed by atoms with E-state index in [0.717, 1.165) is 6.26 Å². The molecule has 0 fully saturated rings. The zero-order chi connectivity index (χ0) is 11.5. The highest BCUT2D eigenvalue weighted by atomic mass is 35.5. The van der Waals surface area contributed by atoms with Crippen LogP contribution in [0, 0.1) is 0 Å². The average molecular weight is 267 g/mol. The van der Waals surface area contributed by atoms with Gasteiger partial charge in [-0.15, -0.1) is 0 Å². The van der Waals surface area contributed by atoms with Gasteiger partial charge in [-0.25, -0.2) is 8.42 Å². The third kappa shape index (κ3) is 4.07. The molecular formula is C8H8Cl2N2O2S. The van der Waals surface area contributed by atoms with Gasteiger partial charge < -0.3 is 0 Å². The number of nitrogens with zero attached hydrogens (tertiary/aromatic N) is 1. The van der Waals surface area contributed by atoms with Crippen LogP contribution in [0.15, 0.2) is 29.4 Å². The zero-order valence-electron chi connectivity index (χ0n) is 7.74. The first-order valence-corrected chi connectivity index (χ1v) is 6.49. The van der Waals surface area contributed by atoms with Gasteiger partial charge in [-0.05, 0) is 29.8 Å². The maximum absolute atomic E-state index is 10.9. The normalized spacial score (nSPS) is 12.6. The molecule has 0 heterocycles. The second kappa shape index (κ2) is 4.83. The first kappa shape index (κ1) is 12.3. The van der Waals surface area contributed by atoms with Gasteiger partial charge in [-0.3, -0.25) is 5.43 Å². The highest BCUT2D eigenvalue weighted by molar-refractivity contribution is 8.08. The fraction of sp³-hybridized carbons (Fsp3) is 0.125. The molecule has 0 aliphatic rings. The number of hydrogen-bond donors (Lipinski definition) is 1. The van der Waals surface area contributed by atoms with Crippen LogP contribution in [-0.4, -0.2) is 19.2 Å². The summed E-state index contributed by atoms with van der Waals surface area (Å²) in [6.07, 6.45) is 0.971. The molecule has 1 aromatic carbocycles. The smallest absolute Gasteiger partial charge is 0.240 e. The number of hydrazone groups is 1. The molecule has 4 nitrogen and oxygen atoms in total. The Morgan fingerprint density at radius 3 is 2.67 bits per heavy atom. The summed E-state index contributed by atoms with van der Waals surface area (Å²) in [6, 6.07) is 6.67. The Kier molecular flexibility index (Phi) is 3.96. The molecule has 1 N–H and O–H groups in total. The molecule has 7 heteroatoms. The van der Waals surface area contributed by atoms with E-state index < -0.39 is 14.3 Å². The maximum Gasteiger partial charge on any atom is 0.240 e. The van der Waals surface area contributed by atoms with E-state index in [2.05, 4.69) is 10.5 Å². The van der Waals surface area contributed by atoms with Crippen molar-refractivity contribution >= 4 is 43.2 Å².